The molecule has 0 radical (unpaired) electrons. The summed E-state index contributed by atoms with van der Waals surface area (Å²) in [6.45, 7) is 14.7. The fourth-order valence-corrected chi connectivity index (χ4v) is 5.27. The number of ketones is 1. The lowest BCUT2D eigenvalue weighted by Gasteiger charge is -2.29. The number of methoxy groups -OCH3 is 1. The van der Waals surface area contributed by atoms with Crippen LogP contribution in [0.25, 0.3) is 5.76 Å². The molecule has 0 bridgehead atoms. The molecule has 1 unspecified atom stereocenters. The minimum atomic E-state index is -0.798. The molecule has 0 aliphatic carbocycles. The summed E-state index contributed by atoms with van der Waals surface area (Å²) in [5, 5.41) is 11.6. The van der Waals surface area contributed by atoms with E-state index in [9.17, 15) is 14.7 Å². The first kappa shape index (κ1) is 31.1. The minimum absolute atomic E-state index is 0.0483. The van der Waals surface area contributed by atoms with Crippen molar-refractivity contribution in [2.75, 3.05) is 59.7 Å². The van der Waals surface area contributed by atoms with E-state index < -0.39 is 17.7 Å². The molecule has 0 aromatic heterocycles. The topological polar surface area (TPSA) is 97.8 Å². The average molecular weight is 579 g/mol. The number of ether oxygens (including phenoxy) is 4. The van der Waals surface area contributed by atoms with Crippen LogP contribution in [0.4, 0.5) is 0 Å². The summed E-state index contributed by atoms with van der Waals surface area (Å²) in [5.74, 6) is 0.446. The lowest BCUT2D eigenvalue weighted by Crippen LogP contribution is -2.39. The molecule has 42 heavy (non-hydrogen) atoms. The van der Waals surface area contributed by atoms with Gasteiger partial charge in [-0.3, -0.25) is 14.5 Å². The van der Waals surface area contributed by atoms with E-state index in [2.05, 4.69) is 25.3 Å². The smallest absolute Gasteiger partial charge is 0.295 e. The molecule has 2 fully saturated rings. The van der Waals surface area contributed by atoms with Crippen molar-refractivity contribution in [3.63, 3.8) is 0 Å². The molecule has 2 saturated heterocycles. The highest BCUT2D eigenvalue weighted by molar-refractivity contribution is 6.46. The first-order valence-electron chi connectivity index (χ1n) is 14.5. The van der Waals surface area contributed by atoms with Crippen molar-refractivity contribution in [1.29, 1.82) is 0 Å². The van der Waals surface area contributed by atoms with Crippen molar-refractivity contribution in [3.8, 4) is 17.2 Å². The molecule has 0 saturated carbocycles. The van der Waals surface area contributed by atoms with Gasteiger partial charge in [-0.05, 0) is 60.7 Å². The van der Waals surface area contributed by atoms with Gasteiger partial charge >= 0.3 is 0 Å². The van der Waals surface area contributed by atoms with E-state index in [1.165, 1.54) is 7.11 Å². The number of aryl methyl sites for hydroxylation is 1. The number of carbonyl (C=O) groups excluding carboxylic acids is 2. The number of hydrogen-bond acceptors (Lipinski definition) is 8. The van der Waals surface area contributed by atoms with Gasteiger partial charge in [-0.1, -0.05) is 32.6 Å². The Balaban J connectivity index is 1.72. The number of hydrogen-bond donors (Lipinski definition) is 1. The maximum atomic E-state index is 13.6. The van der Waals surface area contributed by atoms with E-state index in [-0.39, 0.29) is 11.3 Å². The number of Topliss-reactive ketones (excluding diaryl/α,β-unsaturated/α-hetero) is 1. The van der Waals surface area contributed by atoms with Gasteiger partial charge in [0.25, 0.3) is 11.7 Å². The summed E-state index contributed by atoms with van der Waals surface area (Å²) in [7, 11) is 1.53. The molecule has 2 aromatic carbocycles. The summed E-state index contributed by atoms with van der Waals surface area (Å²) in [6.07, 6.45) is 2.31. The molecule has 2 aromatic rings. The van der Waals surface area contributed by atoms with Crippen LogP contribution in [0, 0.1) is 12.8 Å². The van der Waals surface area contributed by atoms with Crippen molar-refractivity contribution < 1.29 is 33.6 Å². The van der Waals surface area contributed by atoms with Crippen molar-refractivity contribution in [3.05, 3.63) is 71.3 Å². The number of likely N-dealkylation sites (tertiary alicyclic amines) is 1. The Labute approximate surface area is 248 Å². The average Bonchev–Trinajstić information content (AvgIpc) is 3.24. The van der Waals surface area contributed by atoms with Crippen LogP contribution in [0.3, 0.4) is 0 Å². The Bertz CT molecular complexity index is 1310. The molecule has 2 heterocycles. The lowest BCUT2D eigenvalue weighted by molar-refractivity contribution is -0.140. The van der Waals surface area contributed by atoms with Crippen LogP contribution in [0.5, 0.6) is 17.2 Å². The van der Waals surface area contributed by atoms with Crippen molar-refractivity contribution in [1.82, 2.24) is 9.80 Å². The first-order chi connectivity index (χ1) is 20.2. The van der Waals surface area contributed by atoms with Crippen LogP contribution in [0.15, 0.2) is 54.6 Å². The number of carbonyl (C=O) groups is 2. The number of aliphatic hydroxyl groups excluding tert-OH is 1. The predicted molar refractivity (Wildman–Crippen MR) is 161 cm³/mol. The summed E-state index contributed by atoms with van der Waals surface area (Å²) in [6, 6.07) is 9.84. The molecule has 9 heteroatoms. The first-order valence-corrected chi connectivity index (χ1v) is 14.5. The highest BCUT2D eigenvalue weighted by Gasteiger charge is 2.46. The fraction of sp³-hybridized carbons (Fsp3) is 0.455. The fourth-order valence-electron chi connectivity index (χ4n) is 5.27. The third kappa shape index (κ3) is 7.14. The molecular weight excluding hydrogens is 536 g/mol. The van der Waals surface area contributed by atoms with E-state index in [0.29, 0.717) is 73.7 Å². The second-order valence-corrected chi connectivity index (χ2v) is 11.0. The standard InChI is InChI=1S/C33H42N2O7/c1-6-16-41-27-11-8-24(20-28(27)39-5)30-29(31(36)26-10-9-25(19-23(26)4)42-21-22(2)3)32(37)33(38)35(30)13-7-12-34-14-17-40-18-15-34/h6,8-11,19-20,22,30,36H,1,7,12-18,21H2,2-5H3. The zero-order chi connectivity index (χ0) is 30.2. The summed E-state index contributed by atoms with van der Waals surface area (Å²) in [5.41, 5.74) is 1.89. The molecule has 1 atom stereocenters. The normalized spacial score (nSPS) is 18.9. The van der Waals surface area contributed by atoms with Gasteiger partial charge in [0.1, 0.15) is 18.1 Å². The largest absolute Gasteiger partial charge is 0.507 e. The molecule has 4 rings (SSSR count). The quantitative estimate of drug-likeness (QED) is 0.158. The second kappa shape index (κ2) is 14.4. The summed E-state index contributed by atoms with van der Waals surface area (Å²) < 4.78 is 22.6. The second-order valence-electron chi connectivity index (χ2n) is 11.0. The zero-order valence-electron chi connectivity index (χ0n) is 25.1. The van der Waals surface area contributed by atoms with Gasteiger partial charge in [0.05, 0.1) is 38.5 Å². The zero-order valence-corrected chi connectivity index (χ0v) is 25.1. The predicted octanol–water partition coefficient (Wildman–Crippen LogP) is 4.75. The van der Waals surface area contributed by atoms with Gasteiger partial charge in [-0.25, -0.2) is 0 Å². The molecular formula is C33H42N2O7. The highest BCUT2D eigenvalue weighted by Crippen LogP contribution is 2.42. The van der Waals surface area contributed by atoms with Crippen LogP contribution in [-0.2, 0) is 14.3 Å². The Kier molecular flexibility index (Phi) is 10.7. The third-order valence-electron chi connectivity index (χ3n) is 7.41. The number of amides is 1. The van der Waals surface area contributed by atoms with Gasteiger partial charge < -0.3 is 29.0 Å². The number of benzene rings is 2. The Morgan fingerprint density at radius 1 is 1.10 bits per heavy atom. The van der Waals surface area contributed by atoms with Crippen LogP contribution >= 0.6 is 0 Å². The molecule has 2 aliphatic heterocycles. The summed E-state index contributed by atoms with van der Waals surface area (Å²) in [4.78, 5) is 30.9. The molecule has 1 amide bonds. The molecule has 1 N–H and O–H groups in total. The van der Waals surface area contributed by atoms with Gasteiger partial charge in [0.15, 0.2) is 11.5 Å². The number of rotatable bonds is 13. The van der Waals surface area contributed by atoms with Crippen molar-refractivity contribution in [2.24, 2.45) is 5.92 Å². The maximum absolute atomic E-state index is 13.6. The molecule has 9 nitrogen and oxygen atoms in total. The van der Waals surface area contributed by atoms with E-state index in [0.717, 1.165) is 25.2 Å². The van der Waals surface area contributed by atoms with Crippen LogP contribution < -0.4 is 14.2 Å². The number of nitrogens with zero attached hydrogens (tertiary/aromatic N) is 2. The Morgan fingerprint density at radius 2 is 1.86 bits per heavy atom. The van der Waals surface area contributed by atoms with Crippen LogP contribution in [0.2, 0.25) is 0 Å². The number of aliphatic hydroxyl groups is 1. The van der Waals surface area contributed by atoms with Crippen molar-refractivity contribution in [2.45, 2.75) is 33.2 Å². The lowest BCUT2D eigenvalue weighted by atomic mass is 9.93. The third-order valence-corrected chi connectivity index (χ3v) is 7.41. The van der Waals surface area contributed by atoms with Gasteiger partial charge in [0, 0.05) is 31.7 Å². The molecule has 2 aliphatic rings. The van der Waals surface area contributed by atoms with Crippen LogP contribution in [0.1, 0.15) is 43.0 Å². The van der Waals surface area contributed by atoms with Crippen LogP contribution in [-0.4, -0.2) is 86.3 Å². The van der Waals surface area contributed by atoms with Gasteiger partial charge in [-0.2, -0.15) is 0 Å². The van der Waals surface area contributed by atoms with Gasteiger partial charge in [0.2, 0.25) is 0 Å². The molecule has 0 spiro atoms. The Hall–Kier alpha value is -3.82. The monoisotopic (exact) mass is 578 g/mol. The minimum Gasteiger partial charge on any atom is -0.507 e. The van der Waals surface area contributed by atoms with Gasteiger partial charge in [-0.15, -0.1) is 0 Å². The Morgan fingerprint density at radius 3 is 2.52 bits per heavy atom. The van der Waals surface area contributed by atoms with E-state index >= 15 is 0 Å². The van der Waals surface area contributed by atoms with E-state index in [4.69, 9.17) is 18.9 Å². The number of morpholine rings is 1. The van der Waals surface area contributed by atoms with Crippen molar-refractivity contribution >= 4 is 17.4 Å². The SMILES string of the molecule is C=CCOc1ccc(C2C(=C(O)c3ccc(OCC(C)C)cc3C)C(=O)C(=O)N2CCCN2CCOCC2)cc1OC. The van der Waals surface area contributed by atoms with E-state index in [1.54, 1.807) is 41.3 Å². The highest BCUT2D eigenvalue weighted by atomic mass is 16.5. The molecule has 226 valence electrons. The maximum Gasteiger partial charge on any atom is 0.295 e. The van der Waals surface area contributed by atoms with E-state index in [1.807, 2.05) is 13.0 Å². The summed E-state index contributed by atoms with van der Waals surface area (Å²) >= 11 is 0.